The number of carbonyl (C=O) groups excluding carboxylic acids is 3. The molecule has 3 atom stereocenters. The Labute approximate surface area is 126 Å². The summed E-state index contributed by atoms with van der Waals surface area (Å²) in [4.78, 5) is 45.9. The molecule has 2 fully saturated rings. The number of fused-ring (bicyclic) bond motifs is 2. The Kier molecular flexibility index (Phi) is 4.20. The Morgan fingerprint density at radius 1 is 1.41 bits per heavy atom. The van der Waals surface area contributed by atoms with Crippen LogP contribution in [0, 0.1) is 5.92 Å². The van der Waals surface area contributed by atoms with Crippen molar-refractivity contribution in [3.8, 4) is 0 Å². The Hall–Kier alpha value is -2.38. The SMILES string of the molecule is C=C(C)C(=O)OCC(=O)OC1CCC2CC1(C(=O)O)OC2=O. The summed E-state index contributed by atoms with van der Waals surface area (Å²) in [6.07, 6.45) is -0.533. The van der Waals surface area contributed by atoms with Gasteiger partial charge in [-0.1, -0.05) is 6.58 Å². The lowest BCUT2D eigenvalue weighted by atomic mass is 9.78. The van der Waals surface area contributed by atoms with Crippen LogP contribution in [0.15, 0.2) is 12.2 Å². The van der Waals surface area contributed by atoms with Crippen molar-refractivity contribution in [3.63, 3.8) is 0 Å². The van der Waals surface area contributed by atoms with E-state index in [1.165, 1.54) is 6.92 Å². The molecule has 0 aromatic heterocycles. The van der Waals surface area contributed by atoms with Crippen molar-refractivity contribution >= 4 is 23.9 Å². The summed E-state index contributed by atoms with van der Waals surface area (Å²) in [5.41, 5.74) is -1.71. The van der Waals surface area contributed by atoms with E-state index in [0.717, 1.165) is 0 Å². The van der Waals surface area contributed by atoms with Crippen LogP contribution in [-0.2, 0) is 33.4 Å². The molecule has 1 N–H and O–H groups in total. The zero-order valence-corrected chi connectivity index (χ0v) is 12.0. The molecular weight excluding hydrogens is 296 g/mol. The minimum Gasteiger partial charge on any atom is -0.478 e. The average molecular weight is 312 g/mol. The number of carboxylic acid groups (broad SMARTS) is 1. The quantitative estimate of drug-likeness (QED) is 0.434. The number of rotatable bonds is 5. The monoisotopic (exact) mass is 312 g/mol. The van der Waals surface area contributed by atoms with Gasteiger partial charge in [-0.15, -0.1) is 0 Å². The smallest absolute Gasteiger partial charge is 0.352 e. The molecule has 1 heterocycles. The first-order valence-electron chi connectivity index (χ1n) is 6.74. The number of hydrogen-bond acceptors (Lipinski definition) is 7. The summed E-state index contributed by atoms with van der Waals surface area (Å²) < 4.78 is 14.7. The molecule has 0 amide bonds. The molecule has 0 spiro atoms. The summed E-state index contributed by atoms with van der Waals surface area (Å²) >= 11 is 0. The van der Waals surface area contributed by atoms with Gasteiger partial charge in [0.05, 0.1) is 5.92 Å². The highest BCUT2D eigenvalue weighted by Gasteiger charge is 2.62. The second-order valence-electron chi connectivity index (χ2n) is 5.43. The molecule has 0 radical (unpaired) electrons. The largest absolute Gasteiger partial charge is 0.478 e. The predicted octanol–water partition coefficient (Wildman–Crippen LogP) is 0.198. The molecule has 1 saturated heterocycles. The average Bonchev–Trinajstić information content (AvgIpc) is 2.73. The maximum Gasteiger partial charge on any atom is 0.352 e. The topological polar surface area (TPSA) is 116 Å². The van der Waals surface area contributed by atoms with Gasteiger partial charge >= 0.3 is 23.9 Å². The number of ether oxygens (including phenoxy) is 3. The van der Waals surface area contributed by atoms with Crippen LogP contribution in [0.3, 0.4) is 0 Å². The molecule has 22 heavy (non-hydrogen) atoms. The van der Waals surface area contributed by atoms with Gasteiger partial charge in [0.1, 0.15) is 0 Å². The van der Waals surface area contributed by atoms with E-state index in [1.54, 1.807) is 0 Å². The molecule has 8 nitrogen and oxygen atoms in total. The minimum atomic E-state index is -1.84. The first-order chi connectivity index (χ1) is 10.3. The zero-order valence-electron chi connectivity index (χ0n) is 12.0. The zero-order chi connectivity index (χ0) is 16.5. The van der Waals surface area contributed by atoms with Crippen molar-refractivity contribution in [1.29, 1.82) is 0 Å². The van der Waals surface area contributed by atoms with Crippen LogP contribution >= 0.6 is 0 Å². The number of hydrogen-bond donors (Lipinski definition) is 1. The fourth-order valence-corrected chi connectivity index (χ4v) is 2.62. The van der Waals surface area contributed by atoms with Gasteiger partial charge in [-0.05, 0) is 19.8 Å². The van der Waals surface area contributed by atoms with Gasteiger partial charge in [0.25, 0.3) is 0 Å². The van der Waals surface area contributed by atoms with Crippen molar-refractivity contribution in [2.24, 2.45) is 5.92 Å². The van der Waals surface area contributed by atoms with Crippen LogP contribution in [-0.4, -0.2) is 47.3 Å². The molecule has 2 bridgehead atoms. The van der Waals surface area contributed by atoms with E-state index in [-0.39, 0.29) is 18.4 Å². The fraction of sp³-hybridized carbons (Fsp3) is 0.571. The van der Waals surface area contributed by atoms with Crippen LogP contribution in [0.5, 0.6) is 0 Å². The predicted molar refractivity (Wildman–Crippen MR) is 69.5 cm³/mol. The molecule has 3 unspecified atom stereocenters. The lowest BCUT2D eigenvalue weighted by Gasteiger charge is -2.33. The Bertz CT molecular complexity index is 551. The van der Waals surface area contributed by atoms with E-state index in [0.29, 0.717) is 6.42 Å². The molecule has 0 aromatic rings. The standard InChI is InChI=1S/C14H16O8/c1-7(2)11(16)20-6-10(15)21-9-4-3-8-5-14(9,13(18)19)22-12(8)17/h8-9H,1,3-6H2,2H3,(H,18,19). The van der Waals surface area contributed by atoms with Crippen LogP contribution in [0.25, 0.3) is 0 Å². The number of aliphatic carboxylic acids is 1. The van der Waals surface area contributed by atoms with Crippen LogP contribution in [0.2, 0.25) is 0 Å². The van der Waals surface area contributed by atoms with E-state index >= 15 is 0 Å². The minimum absolute atomic E-state index is 0.0231. The molecule has 1 aliphatic heterocycles. The normalized spacial score (nSPS) is 29.4. The summed E-state index contributed by atoms with van der Waals surface area (Å²) in [5, 5.41) is 9.34. The van der Waals surface area contributed by atoms with E-state index in [1.807, 2.05) is 0 Å². The summed E-state index contributed by atoms with van der Waals surface area (Å²) in [5.74, 6) is -4.07. The molecule has 8 heteroatoms. The van der Waals surface area contributed by atoms with Crippen molar-refractivity contribution in [2.75, 3.05) is 6.61 Å². The van der Waals surface area contributed by atoms with Gasteiger partial charge in [-0.25, -0.2) is 14.4 Å². The highest BCUT2D eigenvalue weighted by molar-refractivity contribution is 5.90. The molecule has 120 valence electrons. The van der Waals surface area contributed by atoms with E-state index in [4.69, 9.17) is 9.47 Å². The van der Waals surface area contributed by atoms with Gasteiger partial charge in [0.15, 0.2) is 12.7 Å². The summed E-state index contributed by atoms with van der Waals surface area (Å²) in [6, 6.07) is 0. The number of carboxylic acids is 1. The van der Waals surface area contributed by atoms with Crippen molar-refractivity contribution in [3.05, 3.63) is 12.2 Å². The van der Waals surface area contributed by atoms with Gasteiger partial charge in [-0.2, -0.15) is 0 Å². The first-order valence-corrected chi connectivity index (χ1v) is 6.74. The fourth-order valence-electron chi connectivity index (χ4n) is 2.62. The lowest BCUT2D eigenvalue weighted by Crippen LogP contribution is -2.53. The third-order valence-electron chi connectivity index (χ3n) is 3.77. The van der Waals surface area contributed by atoms with Gasteiger partial charge in [0.2, 0.25) is 5.60 Å². The Morgan fingerprint density at radius 2 is 2.09 bits per heavy atom. The van der Waals surface area contributed by atoms with E-state index in [2.05, 4.69) is 11.3 Å². The summed E-state index contributed by atoms with van der Waals surface area (Å²) in [7, 11) is 0. The molecule has 2 rings (SSSR count). The Balaban J connectivity index is 2.00. The van der Waals surface area contributed by atoms with Crippen LogP contribution < -0.4 is 0 Å². The van der Waals surface area contributed by atoms with E-state index in [9.17, 15) is 24.3 Å². The van der Waals surface area contributed by atoms with Crippen molar-refractivity contribution < 1.29 is 38.5 Å². The molecule has 1 aliphatic carbocycles. The highest BCUT2D eigenvalue weighted by atomic mass is 16.6. The van der Waals surface area contributed by atoms with Crippen LogP contribution in [0.4, 0.5) is 0 Å². The lowest BCUT2D eigenvalue weighted by molar-refractivity contribution is -0.193. The second-order valence-corrected chi connectivity index (χ2v) is 5.43. The summed E-state index contributed by atoms with van der Waals surface area (Å²) in [6.45, 7) is 4.13. The molecule has 2 aliphatic rings. The third-order valence-corrected chi connectivity index (χ3v) is 3.77. The second kappa shape index (κ2) is 5.78. The van der Waals surface area contributed by atoms with Gasteiger partial charge < -0.3 is 19.3 Å². The van der Waals surface area contributed by atoms with Crippen LogP contribution in [0.1, 0.15) is 26.2 Å². The molecule has 0 aromatic carbocycles. The maximum absolute atomic E-state index is 11.7. The van der Waals surface area contributed by atoms with Crippen molar-refractivity contribution in [2.45, 2.75) is 37.9 Å². The molecular formula is C14H16O8. The van der Waals surface area contributed by atoms with Gasteiger partial charge in [-0.3, -0.25) is 4.79 Å². The maximum atomic E-state index is 11.7. The van der Waals surface area contributed by atoms with Gasteiger partial charge in [0, 0.05) is 12.0 Å². The number of carbonyl (C=O) groups is 4. The Morgan fingerprint density at radius 3 is 2.68 bits per heavy atom. The number of esters is 3. The van der Waals surface area contributed by atoms with E-state index < -0.39 is 48.1 Å². The molecule has 1 saturated carbocycles. The van der Waals surface area contributed by atoms with Crippen molar-refractivity contribution in [1.82, 2.24) is 0 Å². The third kappa shape index (κ3) is 2.81. The highest BCUT2D eigenvalue weighted by Crippen LogP contribution is 2.44. The first kappa shape index (κ1) is 16.0.